The van der Waals surface area contributed by atoms with Crippen LogP contribution in [0.25, 0.3) is 0 Å². The standard InChI is InChI=1S/C15H20N6O4/c1-10-9-21(8-2-3-12(23)24)15(25)20-13(10)16-5-4-11(22)19-14-17-6-7-18-14/h6-7,9H,2-5,8H2,1H3,(H,23,24)(H,16,20,25)(H2,17,18,19,22). The topological polar surface area (TPSA) is 142 Å². The highest BCUT2D eigenvalue weighted by molar-refractivity contribution is 5.89. The zero-order valence-corrected chi connectivity index (χ0v) is 13.8. The second-order valence-corrected chi connectivity index (χ2v) is 5.41. The summed E-state index contributed by atoms with van der Waals surface area (Å²) in [6.07, 6.45) is 5.30. The molecule has 2 aromatic heterocycles. The lowest BCUT2D eigenvalue weighted by atomic mass is 10.3. The number of hydrogen-bond acceptors (Lipinski definition) is 6. The summed E-state index contributed by atoms with van der Waals surface area (Å²) < 4.78 is 1.38. The van der Waals surface area contributed by atoms with E-state index in [1.807, 2.05) is 0 Å². The molecule has 0 aliphatic carbocycles. The molecular weight excluding hydrogens is 328 g/mol. The maximum absolute atomic E-state index is 11.9. The van der Waals surface area contributed by atoms with E-state index in [9.17, 15) is 14.4 Å². The third-order valence-corrected chi connectivity index (χ3v) is 3.37. The molecule has 10 nitrogen and oxygen atoms in total. The van der Waals surface area contributed by atoms with Crippen molar-refractivity contribution in [2.24, 2.45) is 0 Å². The second-order valence-electron chi connectivity index (χ2n) is 5.41. The molecule has 0 saturated carbocycles. The molecule has 0 saturated heterocycles. The number of carboxylic acid groups (broad SMARTS) is 1. The van der Waals surface area contributed by atoms with Gasteiger partial charge in [-0.3, -0.25) is 19.5 Å². The molecule has 0 aliphatic heterocycles. The number of nitrogens with one attached hydrogen (secondary N) is 3. The summed E-state index contributed by atoms with van der Waals surface area (Å²) in [5.74, 6) is -0.334. The Kier molecular flexibility index (Phi) is 6.26. The molecule has 0 atom stereocenters. The summed E-state index contributed by atoms with van der Waals surface area (Å²) in [5, 5.41) is 14.2. The second kappa shape index (κ2) is 8.62. The minimum absolute atomic E-state index is 0.00370. The molecule has 0 radical (unpaired) electrons. The number of anilines is 2. The van der Waals surface area contributed by atoms with E-state index in [2.05, 4.69) is 25.6 Å². The first-order valence-corrected chi connectivity index (χ1v) is 7.78. The zero-order chi connectivity index (χ0) is 18.2. The number of aliphatic carboxylic acids is 1. The van der Waals surface area contributed by atoms with Crippen LogP contribution in [0.4, 0.5) is 11.8 Å². The fraction of sp³-hybridized carbons (Fsp3) is 0.400. The number of carboxylic acids is 1. The minimum atomic E-state index is -0.899. The SMILES string of the molecule is Cc1cn(CCCC(=O)O)c(=O)nc1NCCC(=O)Nc1ncc[nH]1. The minimum Gasteiger partial charge on any atom is -0.481 e. The van der Waals surface area contributed by atoms with Crippen molar-refractivity contribution in [3.8, 4) is 0 Å². The summed E-state index contributed by atoms with van der Waals surface area (Å²) in [7, 11) is 0. The number of carbonyl (C=O) groups excluding carboxylic acids is 1. The van der Waals surface area contributed by atoms with E-state index in [-0.39, 0.29) is 18.7 Å². The Hall–Kier alpha value is -3.17. The van der Waals surface area contributed by atoms with Gasteiger partial charge in [-0.15, -0.1) is 0 Å². The van der Waals surface area contributed by atoms with E-state index >= 15 is 0 Å². The lowest BCUT2D eigenvalue weighted by molar-refractivity contribution is -0.137. The summed E-state index contributed by atoms with van der Waals surface area (Å²) in [5.41, 5.74) is 0.278. The monoisotopic (exact) mass is 348 g/mol. The first-order chi connectivity index (χ1) is 12.0. The molecular formula is C15H20N6O4. The van der Waals surface area contributed by atoms with Gasteiger partial charge < -0.3 is 15.4 Å². The average molecular weight is 348 g/mol. The number of amides is 1. The quantitative estimate of drug-likeness (QED) is 0.519. The number of aryl methyl sites for hydroxylation is 2. The molecule has 0 fully saturated rings. The van der Waals surface area contributed by atoms with Gasteiger partial charge in [0.25, 0.3) is 0 Å². The molecule has 2 aromatic rings. The number of aromatic nitrogens is 4. The van der Waals surface area contributed by atoms with E-state index in [0.717, 1.165) is 5.56 Å². The molecule has 0 aromatic carbocycles. The Bertz CT molecular complexity index is 784. The van der Waals surface area contributed by atoms with Crippen LogP contribution in [0.5, 0.6) is 0 Å². The van der Waals surface area contributed by atoms with Crippen LogP contribution >= 0.6 is 0 Å². The predicted octanol–water partition coefficient (Wildman–Crippen LogP) is 0.580. The highest BCUT2D eigenvalue weighted by Gasteiger charge is 2.08. The van der Waals surface area contributed by atoms with Crippen molar-refractivity contribution >= 4 is 23.6 Å². The highest BCUT2D eigenvalue weighted by atomic mass is 16.4. The van der Waals surface area contributed by atoms with Gasteiger partial charge in [-0.05, 0) is 13.3 Å². The molecule has 2 heterocycles. The number of H-pyrrole nitrogens is 1. The van der Waals surface area contributed by atoms with E-state index < -0.39 is 11.7 Å². The Morgan fingerprint density at radius 2 is 2.16 bits per heavy atom. The third-order valence-electron chi connectivity index (χ3n) is 3.37. The summed E-state index contributed by atoms with van der Waals surface area (Å²) in [6.45, 7) is 2.39. The number of carbonyl (C=O) groups is 2. The van der Waals surface area contributed by atoms with Gasteiger partial charge in [0.05, 0.1) is 0 Å². The normalized spacial score (nSPS) is 10.4. The largest absolute Gasteiger partial charge is 0.481 e. The van der Waals surface area contributed by atoms with Crippen LogP contribution in [0.3, 0.4) is 0 Å². The van der Waals surface area contributed by atoms with Crippen molar-refractivity contribution in [2.75, 3.05) is 17.2 Å². The summed E-state index contributed by atoms with van der Waals surface area (Å²) >= 11 is 0. The molecule has 0 aliphatic rings. The smallest absolute Gasteiger partial charge is 0.349 e. The van der Waals surface area contributed by atoms with Crippen molar-refractivity contribution < 1.29 is 14.7 Å². The van der Waals surface area contributed by atoms with Gasteiger partial charge in [0.1, 0.15) is 5.82 Å². The van der Waals surface area contributed by atoms with Gasteiger partial charge in [0.15, 0.2) is 0 Å². The molecule has 25 heavy (non-hydrogen) atoms. The van der Waals surface area contributed by atoms with E-state index in [4.69, 9.17) is 5.11 Å². The van der Waals surface area contributed by atoms with Crippen LogP contribution in [0.1, 0.15) is 24.8 Å². The van der Waals surface area contributed by atoms with Gasteiger partial charge >= 0.3 is 11.7 Å². The highest BCUT2D eigenvalue weighted by Crippen LogP contribution is 2.08. The molecule has 4 N–H and O–H groups in total. The maximum Gasteiger partial charge on any atom is 0.349 e. The van der Waals surface area contributed by atoms with Crippen LogP contribution in [0, 0.1) is 6.92 Å². The lowest BCUT2D eigenvalue weighted by Gasteiger charge is -2.11. The van der Waals surface area contributed by atoms with Gasteiger partial charge in [0, 0.05) is 50.1 Å². The molecule has 134 valence electrons. The Balaban J connectivity index is 1.85. The molecule has 0 spiro atoms. The first kappa shape index (κ1) is 18.2. The summed E-state index contributed by atoms with van der Waals surface area (Å²) in [4.78, 5) is 44.8. The number of aromatic amines is 1. The predicted molar refractivity (Wildman–Crippen MR) is 90.4 cm³/mol. The molecule has 0 unspecified atom stereocenters. The first-order valence-electron chi connectivity index (χ1n) is 7.78. The average Bonchev–Trinajstić information content (AvgIpc) is 3.04. The van der Waals surface area contributed by atoms with Crippen molar-refractivity contribution in [3.05, 3.63) is 34.6 Å². The van der Waals surface area contributed by atoms with Crippen LogP contribution in [0.2, 0.25) is 0 Å². The van der Waals surface area contributed by atoms with Crippen molar-refractivity contribution in [1.82, 2.24) is 19.5 Å². The number of rotatable bonds is 9. The van der Waals surface area contributed by atoms with Crippen molar-refractivity contribution in [1.29, 1.82) is 0 Å². The molecule has 10 heteroatoms. The van der Waals surface area contributed by atoms with Gasteiger partial charge in [-0.1, -0.05) is 0 Å². The van der Waals surface area contributed by atoms with E-state index in [0.29, 0.717) is 31.3 Å². The summed E-state index contributed by atoms with van der Waals surface area (Å²) in [6, 6.07) is 0. The molecule has 2 rings (SSSR count). The fourth-order valence-electron chi connectivity index (χ4n) is 2.16. The lowest BCUT2D eigenvalue weighted by Crippen LogP contribution is -2.26. The van der Waals surface area contributed by atoms with Gasteiger partial charge in [-0.2, -0.15) is 4.98 Å². The fourth-order valence-corrected chi connectivity index (χ4v) is 2.16. The number of hydrogen-bond donors (Lipinski definition) is 4. The van der Waals surface area contributed by atoms with E-state index in [1.54, 1.807) is 19.3 Å². The molecule has 1 amide bonds. The maximum atomic E-state index is 11.9. The van der Waals surface area contributed by atoms with Crippen LogP contribution in [-0.2, 0) is 16.1 Å². The number of nitrogens with zero attached hydrogens (tertiary/aromatic N) is 3. The third kappa shape index (κ3) is 5.75. The van der Waals surface area contributed by atoms with E-state index in [1.165, 1.54) is 10.8 Å². The van der Waals surface area contributed by atoms with Gasteiger partial charge in [0.2, 0.25) is 11.9 Å². The Labute approximate surface area is 143 Å². The Morgan fingerprint density at radius 1 is 1.36 bits per heavy atom. The van der Waals surface area contributed by atoms with Crippen molar-refractivity contribution in [3.63, 3.8) is 0 Å². The van der Waals surface area contributed by atoms with Gasteiger partial charge in [-0.25, -0.2) is 9.78 Å². The van der Waals surface area contributed by atoms with Crippen LogP contribution < -0.4 is 16.3 Å². The van der Waals surface area contributed by atoms with Crippen LogP contribution in [0.15, 0.2) is 23.4 Å². The number of imidazole rings is 1. The zero-order valence-electron chi connectivity index (χ0n) is 13.8. The Morgan fingerprint density at radius 3 is 2.84 bits per heavy atom. The molecule has 0 bridgehead atoms. The van der Waals surface area contributed by atoms with Crippen molar-refractivity contribution in [2.45, 2.75) is 32.7 Å². The van der Waals surface area contributed by atoms with Crippen LogP contribution in [-0.4, -0.2) is 43.0 Å².